The molecule has 5 nitrogen and oxygen atoms in total. The molecule has 2 atom stereocenters. The molecule has 0 aromatic carbocycles. The maximum atomic E-state index is 10.9. The summed E-state index contributed by atoms with van der Waals surface area (Å²) in [5, 5.41) is 18.9. The van der Waals surface area contributed by atoms with E-state index in [0.29, 0.717) is 0 Å². The first-order valence-corrected chi connectivity index (χ1v) is 4.73. The lowest BCUT2D eigenvalue weighted by molar-refractivity contribution is -0.200. The van der Waals surface area contributed by atoms with E-state index in [4.69, 9.17) is 27.2 Å². The van der Waals surface area contributed by atoms with E-state index in [0.717, 1.165) is 12.2 Å². The molecule has 15 heavy (non-hydrogen) atoms. The molecule has 0 aromatic rings. The fraction of sp³-hybridized carbons (Fsp3) is 0.444. The van der Waals surface area contributed by atoms with E-state index in [-0.39, 0.29) is 17.3 Å². The molecule has 0 aliphatic heterocycles. The lowest BCUT2D eigenvalue weighted by Crippen LogP contribution is -2.44. The van der Waals surface area contributed by atoms with E-state index < -0.39 is 17.7 Å². The number of carboxylic acid groups (broad SMARTS) is 1. The minimum absolute atomic E-state index is 0.102. The molecule has 84 valence electrons. The molecule has 0 bridgehead atoms. The Morgan fingerprint density at radius 1 is 1.80 bits per heavy atom. The SMILES string of the molecule is CCOC1(O)C=C(N)C(Cl)=CC1C(=O)O. The molecular formula is C9H12ClNO4. The lowest BCUT2D eigenvalue weighted by Gasteiger charge is -2.32. The van der Waals surface area contributed by atoms with Crippen molar-refractivity contribution >= 4 is 17.6 Å². The van der Waals surface area contributed by atoms with Crippen molar-refractivity contribution in [2.45, 2.75) is 12.7 Å². The fourth-order valence-electron chi connectivity index (χ4n) is 1.35. The van der Waals surface area contributed by atoms with Gasteiger partial charge in [0.05, 0.1) is 10.7 Å². The van der Waals surface area contributed by atoms with Gasteiger partial charge in [-0.25, -0.2) is 0 Å². The molecule has 0 amide bonds. The highest BCUT2D eigenvalue weighted by atomic mass is 35.5. The van der Waals surface area contributed by atoms with Crippen LogP contribution in [0.3, 0.4) is 0 Å². The van der Waals surface area contributed by atoms with Crippen molar-refractivity contribution < 1.29 is 19.7 Å². The summed E-state index contributed by atoms with van der Waals surface area (Å²) in [4.78, 5) is 10.9. The van der Waals surface area contributed by atoms with Gasteiger partial charge in [0, 0.05) is 6.61 Å². The van der Waals surface area contributed by atoms with Crippen LogP contribution in [0.2, 0.25) is 0 Å². The number of carboxylic acids is 1. The Bertz CT molecular complexity index is 339. The third-order valence-electron chi connectivity index (χ3n) is 2.04. The zero-order chi connectivity index (χ0) is 11.6. The molecule has 0 radical (unpaired) electrons. The summed E-state index contributed by atoms with van der Waals surface area (Å²) < 4.78 is 4.98. The number of nitrogens with two attached hydrogens (primary N) is 1. The largest absolute Gasteiger partial charge is 0.481 e. The fourth-order valence-corrected chi connectivity index (χ4v) is 1.53. The number of hydrogen-bond acceptors (Lipinski definition) is 4. The van der Waals surface area contributed by atoms with Crippen LogP contribution < -0.4 is 5.73 Å². The average molecular weight is 234 g/mol. The molecule has 1 rings (SSSR count). The van der Waals surface area contributed by atoms with E-state index in [9.17, 15) is 9.90 Å². The van der Waals surface area contributed by atoms with Crippen LogP contribution in [-0.2, 0) is 9.53 Å². The van der Waals surface area contributed by atoms with Gasteiger partial charge in [0.25, 0.3) is 0 Å². The van der Waals surface area contributed by atoms with Crippen molar-refractivity contribution in [2.75, 3.05) is 6.61 Å². The van der Waals surface area contributed by atoms with Gasteiger partial charge in [-0.15, -0.1) is 0 Å². The number of halogens is 1. The normalized spacial score (nSPS) is 30.7. The second-order valence-corrected chi connectivity index (χ2v) is 3.52. The zero-order valence-electron chi connectivity index (χ0n) is 8.11. The van der Waals surface area contributed by atoms with Gasteiger partial charge in [-0.3, -0.25) is 4.79 Å². The van der Waals surface area contributed by atoms with Gasteiger partial charge < -0.3 is 20.7 Å². The first-order valence-electron chi connectivity index (χ1n) is 4.36. The topological polar surface area (TPSA) is 92.8 Å². The summed E-state index contributed by atoms with van der Waals surface area (Å²) in [6.07, 6.45) is 2.27. The van der Waals surface area contributed by atoms with Gasteiger partial charge in [0.1, 0.15) is 5.92 Å². The van der Waals surface area contributed by atoms with E-state index in [2.05, 4.69) is 0 Å². The third-order valence-corrected chi connectivity index (χ3v) is 2.38. The predicted molar refractivity (Wildman–Crippen MR) is 53.9 cm³/mol. The summed E-state index contributed by atoms with van der Waals surface area (Å²) in [6, 6.07) is 0. The number of allylic oxidation sites excluding steroid dienone is 1. The standard InChI is InChI=1S/C9H12ClNO4/c1-2-15-9(14)4-7(11)6(10)3-5(9)8(12)13/h3-5,14H,2,11H2,1H3,(H,12,13). The molecule has 0 saturated carbocycles. The highest BCUT2D eigenvalue weighted by Gasteiger charge is 2.42. The van der Waals surface area contributed by atoms with Crippen LogP contribution >= 0.6 is 11.6 Å². The van der Waals surface area contributed by atoms with E-state index in [1.54, 1.807) is 6.92 Å². The van der Waals surface area contributed by atoms with Crippen LogP contribution in [0, 0.1) is 5.92 Å². The number of rotatable bonds is 3. The predicted octanol–water partition coefficient (Wildman–Crippen LogP) is 0.391. The summed E-state index contributed by atoms with van der Waals surface area (Å²) in [6.45, 7) is 1.80. The molecule has 0 fully saturated rings. The van der Waals surface area contributed by atoms with Gasteiger partial charge in [-0.1, -0.05) is 11.6 Å². The summed E-state index contributed by atoms with van der Waals surface area (Å²) in [7, 11) is 0. The minimum atomic E-state index is -1.93. The van der Waals surface area contributed by atoms with Crippen LogP contribution in [0.15, 0.2) is 22.9 Å². The molecule has 2 unspecified atom stereocenters. The maximum absolute atomic E-state index is 10.9. The molecule has 0 heterocycles. The van der Waals surface area contributed by atoms with Crippen molar-refractivity contribution in [3.8, 4) is 0 Å². The summed E-state index contributed by atoms with van der Waals surface area (Å²) in [5.74, 6) is -4.41. The maximum Gasteiger partial charge on any atom is 0.316 e. The van der Waals surface area contributed by atoms with E-state index >= 15 is 0 Å². The summed E-state index contributed by atoms with van der Waals surface area (Å²) in [5.41, 5.74) is 5.58. The van der Waals surface area contributed by atoms with Gasteiger partial charge in [-0.2, -0.15) is 0 Å². The highest BCUT2D eigenvalue weighted by molar-refractivity contribution is 6.32. The molecule has 0 spiro atoms. The van der Waals surface area contributed by atoms with Crippen molar-refractivity contribution in [1.82, 2.24) is 0 Å². The smallest absolute Gasteiger partial charge is 0.316 e. The van der Waals surface area contributed by atoms with Gasteiger partial charge >= 0.3 is 5.97 Å². The first-order chi connectivity index (χ1) is 6.90. The number of carbonyl (C=O) groups is 1. The Morgan fingerprint density at radius 2 is 2.40 bits per heavy atom. The van der Waals surface area contributed by atoms with Gasteiger partial charge in [0.15, 0.2) is 0 Å². The molecule has 0 saturated heterocycles. The molecule has 0 aromatic heterocycles. The summed E-state index contributed by atoms with van der Waals surface area (Å²) >= 11 is 5.67. The third kappa shape index (κ3) is 2.31. The Labute approximate surface area is 91.8 Å². The second-order valence-electron chi connectivity index (χ2n) is 3.12. The number of hydrogen-bond donors (Lipinski definition) is 3. The van der Waals surface area contributed by atoms with E-state index in [1.165, 1.54) is 0 Å². The first kappa shape index (κ1) is 12.0. The Morgan fingerprint density at radius 3 is 2.87 bits per heavy atom. The lowest BCUT2D eigenvalue weighted by atomic mass is 9.92. The highest BCUT2D eigenvalue weighted by Crippen LogP contribution is 2.32. The molecule has 6 heteroatoms. The van der Waals surface area contributed by atoms with Gasteiger partial charge in [-0.05, 0) is 19.1 Å². The van der Waals surface area contributed by atoms with Crippen LogP contribution in [0.4, 0.5) is 0 Å². The van der Waals surface area contributed by atoms with Crippen LogP contribution in [-0.4, -0.2) is 28.6 Å². The molecule has 1 aliphatic carbocycles. The zero-order valence-corrected chi connectivity index (χ0v) is 8.86. The number of aliphatic hydroxyl groups is 1. The number of aliphatic carboxylic acids is 1. The molecule has 1 aliphatic rings. The van der Waals surface area contributed by atoms with Crippen LogP contribution in [0.1, 0.15) is 6.92 Å². The Balaban J connectivity index is 3.09. The van der Waals surface area contributed by atoms with Crippen molar-refractivity contribution in [2.24, 2.45) is 11.7 Å². The quantitative estimate of drug-likeness (QED) is 0.614. The van der Waals surface area contributed by atoms with Crippen molar-refractivity contribution in [3.05, 3.63) is 22.9 Å². The average Bonchev–Trinajstić information content (AvgIpc) is 2.11. The Hall–Kier alpha value is -1.04. The molecular weight excluding hydrogens is 222 g/mol. The van der Waals surface area contributed by atoms with Crippen LogP contribution in [0.25, 0.3) is 0 Å². The van der Waals surface area contributed by atoms with Crippen molar-refractivity contribution in [3.63, 3.8) is 0 Å². The Kier molecular flexibility index (Phi) is 3.38. The molecule has 4 N–H and O–H groups in total. The monoisotopic (exact) mass is 233 g/mol. The minimum Gasteiger partial charge on any atom is -0.481 e. The van der Waals surface area contributed by atoms with Gasteiger partial charge in [0.2, 0.25) is 5.79 Å². The second kappa shape index (κ2) is 4.22. The number of ether oxygens (including phenoxy) is 1. The van der Waals surface area contributed by atoms with Crippen LogP contribution in [0.5, 0.6) is 0 Å². The van der Waals surface area contributed by atoms with E-state index in [1.807, 2.05) is 0 Å². The van der Waals surface area contributed by atoms with Crippen molar-refractivity contribution in [1.29, 1.82) is 0 Å².